The van der Waals surface area contributed by atoms with Gasteiger partial charge in [0.2, 0.25) is 11.8 Å². The number of amides is 2. The smallest absolute Gasteiger partial charge is 0.242 e. The Kier molecular flexibility index (Phi) is 15.2. The number of hydrogen-bond acceptors (Lipinski definition) is 4. The average molecular weight is 565 g/mol. The Hall–Kier alpha value is -2.46. The molecule has 0 radical (unpaired) electrons. The predicted molar refractivity (Wildman–Crippen MR) is 167 cm³/mol. The van der Waals surface area contributed by atoms with Crippen LogP contribution in [0.15, 0.2) is 24.3 Å². The number of hydrogen-bond donors (Lipinski definition) is 6. The number of thiocarbonyl (C=S) groups is 2. The maximum Gasteiger partial charge on any atom is 0.242 e. The summed E-state index contributed by atoms with van der Waals surface area (Å²) in [4.78, 5) is 25.3. The summed E-state index contributed by atoms with van der Waals surface area (Å²) in [5.74, 6) is 1.33. The molecule has 0 aliphatic heterocycles. The molecule has 0 unspecified atom stereocenters. The Labute approximate surface area is 240 Å². The number of nitrogens with one attached hydrogen (secondary N) is 6. The molecule has 2 amide bonds. The first-order valence-corrected chi connectivity index (χ1v) is 14.4. The Morgan fingerprint density at radius 3 is 1.18 bits per heavy atom. The summed E-state index contributed by atoms with van der Waals surface area (Å²) in [7, 11) is 0. The summed E-state index contributed by atoms with van der Waals surface area (Å²) in [6.07, 6.45) is 1.35. The van der Waals surface area contributed by atoms with Gasteiger partial charge in [0.1, 0.15) is 12.1 Å². The second-order valence-electron chi connectivity index (χ2n) is 11.4. The van der Waals surface area contributed by atoms with E-state index in [0.29, 0.717) is 59.8 Å². The van der Waals surface area contributed by atoms with Crippen molar-refractivity contribution in [1.82, 2.24) is 21.3 Å². The van der Waals surface area contributed by atoms with E-state index in [1.54, 1.807) is 0 Å². The van der Waals surface area contributed by atoms with Gasteiger partial charge in [0.05, 0.1) is 0 Å². The first-order valence-electron chi connectivity index (χ1n) is 13.6. The Bertz CT molecular complexity index is 830. The van der Waals surface area contributed by atoms with E-state index in [1.165, 1.54) is 0 Å². The zero-order valence-electron chi connectivity index (χ0n) is 24.2. The van der Waals surface area contributed by atoms with Crippen molar-refractivity contribution >= 4 is 57.8 Å². The van der Waals surface area contributed by atoms with Crippen molar-refractivity contribution in [1.29, 1.82) is 0 Å². The van der Waals surface area contributed by atoms with Crippen LogP contribution in [0.3, 0.4) is 0 Å². The highest BCUT2D eigenvalue weighted by Gasteiger charge is 2.22. The van der Waals surface area contributed by atoms with E-state index in [9.17, 15) is 9.59 Å². The Balaban J connectivity index is 2.70. The van der Waals surface area contributed by atoms with E-state index in [4.69, 9.17) is 24.4 Å². The second-order valence-corrected chi connectivity index (χ2v) is 12.2. The fraction of sp³-hybridized carbons (Fsp3) is 0.643. The lowest BCUT2D eigenvalue weighted by Gasteiger charge is -2.23. The number of anilines is 2. The topological polar surface area (TPSA) is 106 Å². The lowest BCUT2D eigenvalue weighted by molar-refractivity contribution is -0.124. The van der Waals surface area contributed by atoms with Gasteiger partial charge in [-0.2, -0.15) is 0 Å². The molecular weight excluding hydrogens is 516 g/mol. The number of rotatable bonds is 14. The van der Waals surface area contributed by atoms with Gasteiger partial charge in [-0.1, -0.05) is 55.4 Å². The minimum atomic E-state index is -0.408. The zero-order valence-corrected chi connectivity index (χ0v) is 25.9. The van der Waals surface area contributed by atoms with Gasteiger partial charge < -0.3 is 31.9 Å². The Morgan fingerprint density at radius 2 is 0.921 bits per heavy atom. The van der Waals surface area contributed by atoms with Crippen LogP contribution in [0, 0.1) is 23.7 Å². The molecule has 0 bridgehead atoms. The van der Waals surface area contributed by atoms with Gasteiger partial charge in [0.15, 0.2) is 10.2 Å². The maximum atomic E-state index is 12.6. The highest BCUT2D eigenvalue weighted by atomic mass is 32.1. The molecule has 10 heteroatoms. The van der Waals surface area contributed by atoms with Crippen molar-refractivity contribution in [2.24, 2.45) is 23.7 Å². The normalized spacial score (nSPS) is 12.7. The van der Waals surface area contributed by atoms with Gasteiger partial charge in [0, 0.05) is 24.5 Å². The van der Waals surface area contributed by atoms with Crippen LogP contribution in [0.4, 0.5) is 11.4 Å². The molecule has 0 spiro atoms. The van der Waals surface area contributed by atoms with Crippen LogP contribution in [0.25, 0.3) is 0 Å². The fourth-order valence-electron chi connectivity index (χ4n) is 3.55. The van der Waals surface area contributed by atoms with Crippen LogP contribution in [-0.2, 0) is 9.59 Å². The number of carbonyl (C=O) groups excluding carboxylic acids is 2. The third-order valence-electron chi connectivity index (χ3n) is 5.43. The minimum Gasteiger partial charge on any atom is -0.354 e. The molecule has 1 rings (SSSR count). The molecule has 0 fully saturated rings. The summed E-state index contributed by atoms with van der Waals surface area (Å²) in [6, 6.07) is 6.67. The quantitative estimate of drug-likeness (QED) is 0.182. The summed E-state index contributed by atoms with van der Waals surface area (Å²) in [6.45, 7) is 17.8. The minimum absolute atomic E-state index is 0.0502. The molecule has 38 heavy (non-hydrogen) atoms. The lowest BCUT2D eigenvalue weighted by atomic mass is 10.0. The van der Waals surface area contributed by atoms with Crippen molar-refractivity contribution in [2.45, 2.75) is 80.3 Å². The van der Waals surface area contributed by atoms with Crippen molar-refractivity contribution in [3.05, 3.63) is 24.3 Å². The van der Waals surface area contributed by atoms with E-state index in [1.807, 2.05) is 24.3 Å². The van der Waals surface area contributed by atoms with Crippen LogP contribution in [0.5, 0.6) is 0 Å². The second kappa shape index (κ2) is 17.2. The van der Waals surface area contributed by atoms with Gasteiger partial charge in [-0.15, -0.1) is 0 Å². The molecule has 2 atom stereocenters. The lowest BCUT2D eigenvalue weighted by Crippen LogP contribution is -2.49. The summed E-state index contributed by atoms with van der Waals surface area (Å²) >= 11 is 11.0. The molecule has 8 nitrogen and oxygen atoms in total. The molecule has 1 aromatic rings. The summed E-state index contributed by atoms with van der Waals surface area (Å²) in [5, 5.41) is 19.4. The zero-order chi connectivity index (χ0) is 28.8. The molecule has 0 aliphatic carbocycles. The van der Waals surface area contributed by atoms with Crippen molar-refractivity contribution in [3.8, 4) is 0 Å². The van der Waals surface area contributed by atoms with E-state index in [0.717, 1.165) is 11.4 Å². The van der Waals surface area contributed by atoms with E-state index >= 15 is 0 Å². The maximum absolute atomic E-state index is 12.6. The summed E-state index contributed by atoms with van der Waals surface area (Å²) < 4.78 is 0. The van der Waals surface area contributed by atoms with Crippen LogP contribution in [0.1, 0.15) is 68.2 Å². The molecule has 0 aliphatic rings. The highest BCUT2D eigenvalue weighted by Crippen LogP contribution is 2.15. The first-order chi connectivity index (χ1) is 17.8. The molecule has 0 saturated carbocycles. The average Bonchev–Trinajstić information content (AvgIpc) is 2.80. The highest BCUT2D eigenvalue weighted by molar-refractivity contribution is 7.80. The van der Waals surface area contributed by atoms with Gasteiger partial charge in [0.25, 0.3) is 0 Å². The molecular formula is C28H48N6O2S2. The van der Waals surface area contributed by atoms with E-state index < -0.39 is 12.1 Å². The van der Waals surface area contributed by atoms with Crippen molar-refractivity contribution < 1.29 is 9.59 Å². The van der Waals surface area contributed by atoms with Crippen LogP contribution < -0.4 is 31.9 Å². The van der Waals surface area contributed by atoms with Gasteiger partial charge >= 0.3 is 0 Å². The van der Waals surface area contributed by atoms with Crippen LogP contribution >= 0.6 is 24.4 Å². The number of benzene rings is 1. The van der Waals surface area contributed by atoms with Gasteiger partial charge in [-0.3, -0.25) is 9.59 Å². The van der Waals surface area contributed by atoms with Crippen molar-refractivity contribution in [3.63, 3.8) is 0 Å². The molecule has 6 N–H and O–H groups in total. The SMILES string of the molecule is CC(C)CNC(=O)[C@H](CC(C)C)NC(=S)Nc1ccc(NC(=S)N[C@@H](CC(C)C)C(=O)NCC(C)C)cc1. The largest absolute Gasteiger partial charge is 0.354 e. The van der Waals surface area contributed by atoms with Gasteiger partial charge in [-0.25, -0.2) is 0 Å². The number of carbonyl (C=O) groups is 2. The van der Waals surface area contributed by atoms with Crippen LogP contribution in [-0.4, -0.2) is 47.2 Å². The van der Waals surface area contributed by atoms with E-state index in [2.05, 4.69) is 87.3 Å². The Morgan fingerprint density at radius 1 is 0.605 bits per heavy atom. The first kappa shape index (κ1) is 33.6. The monoisotopic (exact) mass is 564 g/mol. The molecule has 0 heterocycles. The van der Waals surface area contributed by atoms with Crippen molar-refractivity contribution in [2.75, 3.05) is 23.7 Å². The standard InChI is InChI=1S/C28H48N6O2S2/c1-17(2)13-23(25(35)29-15-19(5)6)33-27(37)31-21-9-11-22(12-10-21)32-28(38)34-24(14-18(3)4)26(36)30-16-20(7)8/h9-12,17-20,23-24H,13-16H2,1-8H3,(H,29,35)(H,30,36)(H2,31,33,37)(H2,32,34,38)/t23-,24-/m0/s1. The summed E-state index contributed by atoms with van der Waals surface area (Å²) in [5.41, 5.74) is 1.56. The van der Waals surface area contributed by atoms with E-state index in [-0.39, 0.29) is 11.8 Å². The molecule has 0 aromatic heterocycles. The predicted octanol–water partition coefficient (Wildman–Crippen LogP) is 4.63. The van der Waals surface area contributed by atoms with Gasteiger partial charge in [-0.05, 0) is 85.2 Å². The fourth-order valence-corrected chi connectivity index (χ4v) is 4.07. The third-order valence-corrected chi connectivity index (χ3v) is 5.87. The molecule has 214 valence electrons. The van der Waals surface area contributed by atoms with Crippen LogP contribution in [0.2, 0.25) is 0 Å². The molecule has 0 saturated heterocycles. The third kappa shape index (κ3) is 14.5. The molecule has 1 aromatic carbocycles.